The third-order valence-electron chi connectivity index (χ3n) is 4.25. The Bertz CT molecular complexity index is 466. The summed E-state index contributed by atoms with van der Waals surface area (Å²) >= 11 is 0. The maximum absolute atomic E-state index is 13.5. The van der Waals surface area contributed by atoms with Crippen molar-refractivity contribution >= 4 is 5.97 Å². The third-order valence-corrected chi connectivity index (χ3v) is 4.25. The summed E-state index contributed by atoms with van der Waals surface area (Å²) in [5.74, 6) is -18.4. The molecule has 23 heavy (non-hydrogen) atoms. The van der Waals surface area contributed by atoms with Crippen molar-refractivity contribution in [2.75, 3.05) is 13.2 Å². The highest BCUT2D eigenvalue weighted by atomic mass is 19.3. The van der Waals surface area contributed by atoms with Gasteiger partial charge in [0, 0.05) is 12.8 Å². The van der Waals surface area contributed by atoms with Gasteiger partial charge in [-0.25, -0.2) is 0 Å². The zero-order chi connectivity index (χ0) is 17.7. The summed E-state index contributed by atoms with van der Waals surface area (Å²) in [4.78, 5) is 10.4. The predicted molar refractivity (Wildman–Crippen MR) is 57.9 cm³/mol. The molecule has 1 aliphatic carbocycles. The minimum atomic E-state index is -4.59. The Morgan fingerprint density at radius 1 is 0.957 bits per heavy atom. The summed E-state index contributed by atoms with van der Waals surface area (Å²) in [5.41, 5.74) is -3.00. The van der Waals surface area contributed by atoms with Crippen molar-refractivity contribution in [1.29, 1.82) is 0 Å². The van der Waals surface area contributed by atoms with Crippen LogP contribution in [0.15, 0.2) is 0 Å². The first-order valence-electron chi connectivity index (χ1n) is 6.62. The molecule has 0 aromatic carbocycles. The number of halogens is 6. The smallest absolute Gasteiger partial charge is 0.335 e. The fourth-order valence-corrected chi connectivity index (χ4v) is 2.53. The Kier molecular flexibility index (Phi) is 4.14. The van der Waals surface area contributed by atoms with Crippen LogP contribution in [0, 0.1) is 0 Å². The van der Waals surface area contributed by atoms with Crippen LogP contribution in [0.4, 0.5) is 26.3 Å². The molecule has 0 amide bonds. The highest BCUT2D eigenvalue weighted by Gasteiger charge is 2.63. The van der Waals surface area contributed by atoms with E-state index in [-0.39, 0.29) is 0 Å². The molecule has 0 aromatic rings. The normalized spacial score (nSPS) is 29.0. The van der Waals surface area contributed by atoms with Gasteiger partial charge < -0.3 is 24.5 Å². The van der Waals surface area contributed by atoms with E-state index in [9.17, 15) is 41.4 Å². The molecule has 2 fully saturated rings. The van der Waals surface area contributed by atoms with Gasteiger partial charge in [-0.2, -0.15) is 26.3 Å². The average Bonchev–Trinajstić information content (AvgIpc) is 2.53. The van der Waals surface area contributed by atoms with Crippen LogP contribution < -0.4 is 5.11 Å². The third kappa shape index (κ3) is 2.89. The van der Waals surface area contributed by atoms with Crippen LogP contribution in [0.1, 0.15) is 25.7 Å². The van der Waals surface area contributed by atoms with E-state index in [0.717, 1.165) is 0 Å². The molecular weight excluding hydrogens is 338 g/mol. The molecule has 2 aliphatic rings. The second kappa shape index (κ2) is 5.21. The number of carbonyl (C=O) groups excluding carboxylic acids is 1. The predicted octanol–water partition coefficient (Wildman–Crippen LogP) is 0.690. The first kappa shape index (κ1) is 18.3. The van der Waals surface area contributed by atoms with Crippen LogP contribution in [0.2, 0.25) is 0 Å². The number of carboxylic acids is 1. The molecule has 11 heteroatoms. The van der Waals surface area contributed by atoms with Crippen LogP contribution in [0.5, 0.6) is 0 Å². The van der Waals surface area contributed by atoms with Gasteiger partial charge in [0.2, 0.25) is 0 Å². The number of carbonyl (C=O) groups is 1. The largest absolute Gasteiger partial charge is 0.544 e. The van der Waals surface area contributed by atoms with Crippen LogP contribution >= 0.6 is 0 Å². The van der Waals surface area contributed by atoms with E-state index in [1.54, 1.807) is 0 Å². The van der Waals surface area contributed by atoms with Crippen molar-refractivity contribution in [3.63, 3.8) is 0 Å². The number of aliphatic carboxylic acids is 1. The van der Waals surface area contributed by atoms with E-state index < -0.39 is 74.0 Å². The van der Waals surface area contributed by atoms with Gasteiger partial charge in [0.15, 0.2) is 5.79 Å². The average molecular weight is 351 g/mol. The molecular formula is C12H13F6O5-. The first-order valence-corrected chi connectivity index (χ1v) is 6.62. The van der Waals surface area contributed by atoms with Crippen molar-refractivity contribution < 1.29 is 50.8 Å². The van der Waals surface area contributed by atoms with Crippen LogP contribution in [-0.4, -0.2) is 53.4 Å². The number of aliphatic hydroxyl groups is 1. The Morgan fingerprint density at radius 3 is 1.70 bits per heavy atom. The molecule has 1 heterocycles. The lowest BCUT2D eigenvalue weighted by Crippen LogP contribution is -2.61. The van der Waals surface area contributed by atoms with E-state index in [2.05, 4.69) is 9.47 Å². The maximum atomic E-state index is 13.5. The molecule has 134 valence electrons. The molecule has 1 N–H and O–H groups in total. The molecule has 0 aromatic heterocycles. The Balaban J connectivity index is 2.14. The lowest BCUT2D eigenvalue weighted by molar-refractivity contribution is -0.351. The molecule has 0 radical (unpaired) electrons. The summed E-state index contributed by atoms with van der Waals surface area (Å²) in [7, 11) is 0. The molecule has 1 saturated carbocycles. The molecule has 0 atom stereocenters. The van der Waals surface area contributed by atoms with Crippen molar-refractivity contribution in [1.82, 2.24) is 0 Å². The second-order valence-electron chi connectivity index (χ2n) is 5.79. The Morgan fingerprint density at radius 2 is 1.35 bits per heavy atom. The summed E-state index contributed by atoms with van der Waals surface area (Å²) < 4.78 is 89.2. The number of alkyl halides is 6. The van der Waals surface area contributed by atoms with Gasteiger partial charge >= 0.3 is 17.8 Å². The minimum absolute atomic E-state index is 0.654. The molecule has 0 unspecified atom stereocenters. The Hall–Kier alpha value is -1.07. The van der Waals surface area contributed by atoms with Crippen LogP contribution in [-0.2, 0) is 14.3 Å². The number of ether oxygens (including phenoxy) is 2. The van der Waals surface area contributed by atoms with Gasteiger partial charge in [0.1, 0.15) is 24.8 Å². The number of carboxylic acid groups (broad SMARTS) is 1. The van der Waals surface area contributed by atoms with Gasteiger partial charge in [0.05, 0.1) is 0 Å². The number of rotatable bonds is 2. The van der Waals surface area contributed by atoms with Crippen molar-refractivity contribution in [3.8, 4) is 0 Å². The minimum Gasteiger partial charge on any atom is -0.544 e. The van der Waals surface area contributed by atoms with E-state index in [4.69, 9.17) is 0 Å². The van der Waals surface area contributed by atoms with Gasteiger partial charge in [0.25, 0.3) is 0 Å². The van der Waals surface area contributed by atoms with E-state index in [1.807, 2.05) is 0 Å². The fraction of sp³-hybridized carbons (Fsp3) is 0.917. The molecule has 1 spiro atoms. The van der Waals surface area contributed by atoms with Crippen LogP contribution in [0.3, 0.4) is 0 Å². The van der Waals surface area contributed by atoms with E-state index >= 15 is 0 Å². The summed E-state index contributed by atoms with van der Waals surface area (Å²) in [6.07, 6.45) is -3.13. The molecule has 0 bridgehead atoms. The lowest BCUT2D eigenvalue weighted by Gasteiger charge is -2.45. The lowest BCUT2D eigenvalue weighted by atomic mass is 9.77. The monoisotopic (exact) mass is 351 g/mol. The van der Waals surface area contributed by atoms with Gasteiger partial charge in [-0.15, -0.1) is 0 Å². The zero-order valence-electron chi connectivity index (χ0n) is 11.6. The van der Waals surface area contributed by atoms with E-state index in [1.165, 1.54) is 0 Å². The topological polar surface area (TPSA) is 78.8 Å². The standard InChI is InChI=1S/C12H14F6O5/c13-10(14)5-22-9(23-6-11(10,15)16)3-1-8(21,2-4-9)12(17,18)7(19)20/h21H,1-6H2,(H,19,20)/p-1. The van der Waals surface area contributed by atoms with Crippen molar-refractivity contribution in [2.24, 2.45) is 0 Å². The quantitative estimate of drug-likeness (QED) is 0.741. The van der Waals surface area contributed by atoms with E-state index in [0.29, 0.717) is 0 Å². The van der Waals surface area contributed by atoms with Crippen molar-refractivity contribution in [3.05, 3.63) is 0 Å². The first-order chi connectivity index (χ1) is 10.3. The molecule has 2 rings (SSSR count). The highest BCUT2D eigenvalue weighted by molar-refractivity contribution is 5.75. The van der Waals surface area contributed by atoms with Gasteiger partial charge in [-0.05, 0) is 12.8 Å². The number of hydrogen-bond donors (Lipinski definition) is 1. The SMILES string of the molecule is O=C([O-])C(F)(F)C1(O)CCC2(CC1)OCC(F)(F)C(F)(F)CO2. The molecule has 1 saturated heterocycles. The second-order valence-corrected chi connectivity index (χ2v) is 5.79. The maximum Gasteiger partial charge on any atom is 0.335 e. The Labute approximate surface area is 126 Å². The van der Waals surface area contributed by atoms with Crippen LogP contribution in [0.25, 0.3) is 0 Å². The summed E-state index contributed by atoms with van der Waals surface area (Å²) in [5, 5.41) is 20.2. The molecule has 1 aliphatic heterocycles. The summed E-state index contributed by atoms with van der Waals surface area (Å²) in [6, 6.07) is 0. The van der Waals surface area contributed by atoms with Gasteiger partial charge in [-0.3, -0.25) is 0 Å². The summed E-state index contributed by atoms with van der Waals surface area (Å²) in [6.45, 7) is -3.37. The van der Waals surface area contributed by atoms with Crippen molar-refractivity contribution in [2.45, 2.75) is 54.8 Å². The van der Waals surface area contributed by atoms with Gasteiger partial charge in [-0.1, -0.05) is 0 Å². The number of hydrogen-bond acceptors (Lipinski definition) is 5. The molecule has 5 nitrogen and oxygen atoms in total. The fourth-order valence-electron chi connectivity index (χ4n) is 2.53. The highest BCUT2D eigenvalue weighted by Crippen LogP contribution is 2.48. The zero-order valence-corrected chi connectivity index (χ0v) is 11.6.